The van der Waals surface area contributed by atoms with Gasteiger partial charge in [-0.3, -0.25) is 4.98 Å². The third kappa shape index (κ3) is 2.76. The molecule has 2 atom stereocenters. The van der Waals surface area contributed by atoms with Crippen LogP contribution in [0.3, 0.4) is 0 Å². The first-order chi connectivity index (χ1) is 8.78. The van der Waals surface area contributed by atoms with Crippen LogP contribution in [0.4, 0.5) is 0 Å². The van der Waals surface area contributed by atoms with Crippen molar-refractivity contribution < 1.29 is 0 Å². The van der Waals surface area contributed by atoms with Gasteiger partial charge in [0.25, 0.3) is 0 Å². The van der Waals surface area contributed by atoms with Crippen LogP contribution in [-0.2, 0) is 0 Å². The fraction of sp³-hybridized carbons (Fsp3) is 0.200. The van der Waals surface area contributed by atoms with Gasteiger partial charge in [0, 0.05) is 23.7 Å². The van der Waals surface area contributed by atoms with E-state index in [4.69, 9.17) is 11.0 Å². The van der Waals surface area contributed by atoms with Gasteiger partial charge in [-0.15, -0.1) is 12.4 Å². The number of nitriles is 1. The van der Waals surface area contributed by atoms with Crippen molar-refractivity contribution in [3.8, 4) is 17.3 Å². The average Bonchev–Trinajstić information content (AvgIpc) is 3.16. The van der Waals surface area contributed by atoms with E-state index in [1.807, 2.05) is 30.5 Å². The van der Waals surface area contributed by atoms with Gasteiger partial charge in [-0.25, -0.2) is 0 Å². The van der Waals surface area contributed by atoms with Crippen LogP contribution < -0.4 is 5.73 Å². The predicted molar refractivity (Wildman–Crippen MR) is 77.0 cm³/mol. The van der Waals surface area contributed by atoms with E-state index in [2.05, 4.69) is 17.1 Å². The number of nitrogens with two attached hydrogens (primary N) is 1. The summed E-state index contributed by atoms with van der Waals surface area (Å²) in [6.07, 6.45) is 2.96. The van der Waals surface area contributed by atoms with Gasteiger partial charge >= 0.3 is 0 Å². The Morgan fingerprint density at radius 3 is 2.63 bits per heavy atom. The molecule has 1 aliphatic carbocycles. The summed E-state index contributed by atoms with van der Waals surface area (Å²) in [5.74, 6) is 0.483. The van der Waals surface area contributed by atoms with Crippen molar-refractivity contribution in [3.05, 3.63) is 53.7 Å². The molecule has 0 amide bonds. The average molecular weight is 272 g/mol. The van der Waals surface area contributed by atoms with Crippen LogP contribution >= 0.6 is 12.4 Å². The van der Waals surface area contributed by atoms with E-state index in [-0.39, 0.29) is 12.4 Å². The normalized spacial score (nSPS) is 20.2. The molecule has 1 aliphatic rings. The van der Waals surface area contributed by atoms with Gasteiger partial charge in [0.1, 0.15) is 0 Å². The number of benzene rings is 1. The van der Waals surface area contributed by atoms with Crippen LogP contribution in [-0.4, -0.2) is 11.0 Å². The first-order valence-corrected chi connectivity index (χ1v) is 6.00. The van der Waals surface area contributed by atoms with E-state index in [0.717, 1.165) is 17.7 Å². The fourth-order valence-electron chi connectivity index (χ4n) is 2.14. The molecular formula is C15H14ClN3. The SMILES string of the molecule is Cl.N#Cc1cccc(-c2ccc(C3CC3N)cn2)c1. The van der Waals surface area contributed by atoms with Crippen molar-refractivity contribution in [2.24, 2.45) is 5.73 Å². The van der Waals surface area contributed by atoms with Crippen LogP contribution in [0.1, 0.15) is 23.5 Å². The summed E-state index contributed by atoms with van der Waals surface area (Å²) in [4.78, 5) is 4.46. The van der Waals surface area contributed by atoms with E-state index in [0.29, 0.717) is 17.5 Å². The standard InChI is InChI=1S/C15H13N3.ClH/c16-8-10-2-1-3-11(6-10)15-5-4-12(9-18-15)13-7-14(13)17;/h1-6,9,13-14H,7,17H2;1H. The third-order valence-electron chi connectivity index (χ3n) is 3.34. The van der Waals surface area contributed by atoms with Crippen LogP contribution in [0.5, 0.6) is 0 Å². The highest BCUT2D eigenvalue weighted by Gasteiger charge is 2.34. The Bertz CT molecular complexity index is 616. The van der Waals surface area contributed by atoms with Gasteiger partial charge in [-0.1, -0.05) is 18.2 Å². The maximum Gasteiger partial charge on any atom is 0.0991 e. The maximum absolute atomic E-state index is 8.88. The van der Waals surface area contributed by atoms with Gasteiger partial charge in [0.15, 0.2) is 0 Å². The van der Waals surface area contributed by atoms with E-state index in [9.17, 15) is 0 Å². The minimum atomic E-state index is 0. The number of halogens is 1. The molecule has 0 spiro atoms. The number of hydrogen-bond acceptors (Lipinski definition) is 3. The molecule has 0 aliphatic heterocycles. The molecule has 2 N–H and O–H groups in total. The second-order valence-electron chi connectivity index (χ2n) is 4.68. The molecule has 1 heterocycles. The Morgan fingerprint density at radius 2 is 2.05 bits per heavy atom. The van der Waals surface area contributed by atoms with E-state index >= 15 is 0 Å². The molecule has 1 saturated carbocycles. The molecule has 2 unspecified atom stereocenters. The summed E-state index contributed by atoms with van der Waals surface area (Å²) in [5.41, 5.74) is 9.55. The number of hydrogen-bond donors (Lipinski definition) is 1. The first kappa shape index (κ1) is 13.5. The lowest BCUT2D eigenvalue weighted by Crippen LogP contribution is -2.01. The van der Waals surface area contributed by atoms with Gasteiger partial charge in [0.05, 0.1) is 17.3 Å². The summed E-state index contributed by atoms with van der Waals surface area (Å²) in [5, 5.41) is 8.88. The van der Waals surface area contributed by atoms with Gasteiger partial charge in [-0.05, 0) is 30.2 Å². The van der Waals surface area contributed by atoms with Crippen molar-refractivity contribution in [2.75, 3.05) is 0 Å². The second kappa shape index (κ2) is 5.40. The summed E-state index contributed by atoms with van der Waals surface area (Å²) in [7, 11) is 0. The molecule has 2 aromatic rings. The number of nitrogens with zero attached hydrogens (tertiary/aromatic N) is 2. The van der Waals surface area contributed by atoms with Crippen LogP contribution in [0.15, 0.2) is 42.6 Å². The van der Waals surface area contributed by atoms with Crippen molar-refractivity contribution in [1.82, 2.24) is 4.98 Å². The Hall–Kier alpha value is -1.89. The predicted octanol–water partition coefficient (Wildman–Crippen LogP) is 2.86. The highest BCUT2D eigenvalue weighted by molar-refractivity contribution is 5.85. The minimum Gasteiger partial charge on any atom is -0.327 e. The molecular weight excluding hydrogens is 258 g/mol. The molecule has 1 fully saturated rings. The first-order valence-electron chi connectivity index (χ1n) is 6.00. The molecule has 4 heteroatoms. The summed E-state index contributed by atoms with van der Waals surface area (Å²) in [6, 6.07) is 14.0. The maximum atomic E-state index is 8.88. The highest BCUT2D eigenvalue weighted by atomic mass is 35.5. The Morgan fingerprint density at radius 1 is 1.26 bits per heavy atom. The van der Waals surface area contributed by atoms with Crippen molar-refractivity contribution in [2.45, 2.75) is 18.4 Å². The largest absolute Gasteiger partial charge is 0.327 e. The molecule has 19 heavy (non-hydrogen) atoms. The Balaban J connectivity index is 0.00000133. The van der Waals surface area contributed by atoms with Gasteiger partial charge in [0.2, 0.25) is 0 Å². The van der Waals surface area contributed by atoms with Gasteiger partial charge in [-0.2, -0.15) is 5.26 Å². The molecule has 3 rings (SSSR count). The Kier molecular flexibility index (Phi) is 3.84. The Labute approximate surface area is 118 Å². The molecule has 0 radical (unpaired) electrons. The molecule has 96 valence electrons. The summed E-state index contributed by atoms with van der Waals surface area (Å²) >= 11 is 0. The molecule has 0 saturated heterocycles. The lowest BCUT2D eigenvalue weighted by atomic mass is 10.1. The fourth-order valence-corrected chi connectivity index (χ4v) is 2.14. The van der Waals surface area contributed by atoms with E-state index in [1.54, 1.807) is 6.07 Å². The zero-order valence-electron chi connectivity index (χ0n) is 10.3. The van der Waals surface area contributed by atoms with Crippen LogP contribution in [0, 0.1) is 11.3 Å². The topological polar surface area (TPSA) is 62.7 Å². The summed E-state index contributed by atoms with van der Waals surface area (Å²) in [6.45, 7) is 0. The zero-order chi connectivity index (χ0) is 12.5. The zero-order valence-corrected chi connectivity index (χ0v) is 11.1. The van der Waals surface area contributed by atoms with E-state index < -0.39 is 0 Å². The monoisotopic (exact) mass is 271 g/mol. The smallest absolute Gasteiger partial charge is 0.0991 e. The summed E-state index contributed by atoms with van der Waals surface area (Å²) < 4.78 is 0. The van der Waals surface area contributed by atoms with Crippen molar-refractivity contribution >= 4 is 12.4 Å². The molecule has 1 aromatic heterocycles. The quantitative estimate of drug-likeness (QED) is 0.913. The number of rotatable bonds is 2. The van der Waals surface area contributed by atoms with Crippen LogP contribution in [0.2, 0.25) is 0 Å². The second-order valence-corrected chi connectivity index (χ2v) is 4.68. The van der Waals surface area contributed by atoms with Crippen molar-refractivity contribution in [3.63, 3.8) is 0 Å². The van der Waals surface area contributed by atoms with Gasteiger partial charge < -0.3 is 5.73 Å². The number of pyridine rings is 1. The molecule has 1 aromatic carbocycles. The minimum absolute atomic E-state index is 0. The third-order valence-corrected chi connectivity index (χ3v) is 3.34. The van der Waals surface area contributed by atoms with E-state index in [1.165, 1.54) is 5.56 Å². The molecule has 3 nitrogen and oxygen atoms in total. The molecule has 0 bridgehead atoms. The van der Waals surface area contributed by atoms with Crippen molar-refractivity contribution in [1.29, 1.82) is 5.26 Å². The lowest BCUT2D eigenvalue weighted by Gasteiger charge is -2.03. The number of aromatic nitrogens is 1. The van der Waals surface area contributed by atoms with Crippen LogP contribution in [0.25, 0.3) is 11.3 Å². The highest BCUT2D eigenvalue weighted by Crippen LogP contribution is 2.38. The lowest BCUT2D eigenvalue weighted by molar-refractivity contribution is 0.981.